The molecule has 0 fully saturated rings. The van der Waals surface area contributed by atoms with Gasteiger partial charge in [-0.1, -0.05) is 25.1 Å². The van der Waals surface area contributed by atoms with Gasteiger partial charge in [-0.3, -0.25) is 0 Å². The fourth-order valence-electron chi connectivity index (χ4n) is 1.75. The van der Waals surface area contributed by atoms with Gasteiger partial charge in [0.15, 0.2) is 0 Å². The van der Waals surface area contributed by atoms with E-state index >= 15 is 0 Å². The third-order valence-corrected chi connectivity index (χ3v) is 2.71. The fourth-order valence-corrected chi connectivity index (χ4v) is 1.75. The molecule has 0 radical (unpaired) electrons. The van der Waals surface area contributed by atoms with E-state index in [1.54, 1.807) is 6.07 Å². The molecule has 0 atom stereocenters. The Balaban J connectivity index is 2.31. The molecule has 0 unspecified atom stereocenters. The van der Waals surface area contributed by atoms with Crippen molar-refractivity contribution in [1.29, 1.82) is 0 Å². The lowest BCUT2D eigenvalue weighted by Gasteiger charge is -2.11. The molecule has 19 heavy (non-hydrogen) atoms. The van der Waals surface area contributed by atoms with Crippen molar-refractivity contribution in [2.45, 2.75) is 19.9 Å². The molecular formula is C14H16FN3O. The third kappa shape index (κ3) is 3.06. The topological polar surface area (TPSA) is 47.0 Å². The van der Waals surface area contributed by atoms with E-state index in [0.29, 0.717) is 24.4 Å². The molecule has 1 aromatic heterocycles. The second-order valence-electron chi connectivity index (χ2n) is 4.03. The molecule has 0 amide bonds. The SMILES string of the molecule is CCc1ncnc(Oc2ccccc2CNC)c1F. The molecule has 0 aliphatic heterocycles. The number of hydrogen-bond donors (Lipinski definition) is 1. The summed E-state index contributed by atoms with van der Waals surface area (Å²) in [6, 6.07) is 7.47. The van der Waals surface area contributed by atoms with E-state index in [1.807, 2.05) is 32.2 Å². The van der Waals surface area contributed by atoms with Gasteiger partial charge in [-0.05, 0) is 19.5 Å². The van der Waals surface area contributed by atoms with Crippen molar-refractivity contribution < 1.29 is 9.13 Å². The van der Waals surface area contributed by atoms with Crippen LogP contribution >= 0.6 is 0 Å². The van der Waals surface area contributed by atoms with Crippen LogP contribution in [0.4, 0.5) is 4.39 Å². The molecule has 1 N–H and O–H groups in total. The maximum absolute atomic E-state index is 14.0. The Morgan fingerprint density at radius 3 is 2.79 bits per heavy atom. The number of rotatable bonds is 5. The quantitative estimate of drug-likeness (QED) is 0.899. The van der Waals surface area contributed by atoms with Crippen molar-refractivity contribution in [3.8, 4) is 11.6 Å². The second-order valence-corrected chi connectivity index (χ2v) is 4.03. The van der Waals surface area contributed by atoms with Crippen molar-refractivity contribution in [2.75, 3.05) is 7.05 Å². The summed E-state index contributed by atoms with van der Waals surface area (Å²) >= 11 is 0. The van der Waals surface area contributed by atoms with Gasteiger partial charge >= 0.3 is 0 Å². The summed E-state index contributed by atoms with van der Waals surface area (Å²) in [6.07, 6.45) is 1.82. The maximum atomic E-state index is 14.0. The van der Waals surface area contributed by atoms with E-state index < -0.39 is 5.82 Å². The molecular weight excluding hydrogens is 245 g/mol. The maximum Gasteiger partial charge on any atom is 0.259 e. The summed E-state index contributed by atoms with van der Waals surface area (Å²) in [5.41, 5.74) is 1.30. The van der Waals surface area contributed by atoms with Gasteiger partial charge in [0, 0.05) is 12.1 Å². The summed E-state index contributed by atoms with van der Waals surface area (Å²) in [4.78, 5) is 7.73. The zero-order chi connectivity index (χ0) is 13.7. The first-order valence-corrected chi connectivity index (χ1v) is 6.16. The van der Waals surface area contributed by atoms with Gasteiger partial charge < -0.3 is 10.1 Å². The van der Waals surface area contributed by atoms with Crippen LogP contribution < -0.4 is 10.1 Å². The number of aryl methyl sites for hydroxylation is 1. The lowest BCUT2D eigenvalue weighted by molar-refractivity contribution is 0.410. The van der Waals surface area contributed by atoms with E-state index in [2.05, 4.69) is 15.3 Å². The Morgan fingerprint density at radius 2 is 2.05 bits per heavy atom. The van der Waals surface area contributed by atoms with Gasteiger partial charge in [0.25, 0.3) is 5.88 Å². The Labute approximate surface area is 111 Å². The Bertz CT molecular complexity index is 560. The molecule has 0 saturated heterocycles. The fraction of sp³-hybridized carbons (Fsp3) is 0.286. The largest absolute Gasteiger partial charge is 0.436 e. The molecule has 0 bridgehead atoms. The first kappa shape index (κ1) is 13.4. The average Bonchev–Trinajstić information content (AvgIpc) is 2.43. The van der Waals surface area contributed by atoms with Crippen molar-refractivity contribution >= 4 is 0 Å². The van der Waals surface area contributed by atoms with Gasteiger partial charge in [0.2, 0.25) is 5.82 Å². The van der Waals surface area contributed by atoms with Gasteiger partial charge in [0.1, 0.15) is 12.1 Å². The highest BCUT2D eigenvalue weighted by Gasteiger charge is 2.13. The Kier molecular flexibility index (Phi) is 4.41. The van der Waals surface area contributed by atoms with E-state index in [4.69, 9.17) is 4.74 Å². The van der Waals surface area contributed by atoms with Crippen molar-refractivity contribution in [1.82, 2.24) is 15.3 Å². The molecule has 0 spiro atoms. The number of aromatic nitrogens is 2. The minimum absolute atomic E-state index is 0.0320. The predicted octanol–water partition coefficient (Wildman–Crippen LogP) is 2.69. The summed E-state index contributed by atoms with van der Waals surface area (Å²) in [6.45, 7) is 2.48. The van der Waals surface area contributed by atoms with Gasteiger partial charge in [-0.15, -0.1) is 0 Å². The number of ether oxygens (including phenoxy) is 1. The van der Waals surface area contributed by atoms with Crippen LogP contribution in [0, 0.1) is 5.82 Å². The van der Waals surface area contributed by atoms with Crippen LogP contribution in [-0.2, 0) is 13.0 Å². The van der Waals surface area contributed by atoms with Crippen molar-refractivity contribution in [2.24, 2.45) is 0 Å². The standard InChI is InChI=1S/C14H16FN3O/c1-3-11-13(15)14(18-9-17-11)19-12-7-5-4-6-10(12)8-16-2/h4-7,9,16H,3,8H2,1-2H3. The summed E-state index contributed by atoms with van der Waals surface area (Å²) in [5.74, 6) is 0.0659. The number of benzene rings is 1. The van der Waals surface area contributed by atoms with Gasteiger partial charge in [-0.25, -0.2) is 4.98 Å². The van der Waals surface area contributed by atoms with Crippen LogP contribution in [0.5, 0.6) is 11.6 Å². The van der Waals surface area contributed by atoms with E-state index in [9.17, 15) is 4.39 Å². The zero-order valence-corrected chi connectivity index (χ0v) is 11.0. The summed E-state index contributed by atoms with van der Waals surface area (Å²) in [5, 5.41) is 3.04. The number of halogens is 1. The first-order chi connectivity index (χ1) is 9.26. The highest BCUT2D eigenvalue weighted by Crippen LogP contribution is 2.26. The molecule has 5 heteroatoms. The number of hydrogen-bond acceptors (Lipinski definition) is 4. The van der Waals surface area contributed by atoms with E-state index in [-0.39, 0.29) is 5.88 Å². The minimum atomic E-state index is -0.496. The normalized spacial score (nSPS) is 10.5. The molecule has 4 nitrogen and oxygen atoms in total. The monoisotopic (exact) mass is 261 g/mol. The van der Waals surface area contributed by atoms with Crippen LogP contribution in [-0.4, -0.2) is 17.0 Å². The molecule has 0 aliphatic rings. The second kappa shape index (κ2) is 6.24. The first-order valence-electron chi connectivity index (χ1n) is 6.16. The van der Waals surface area contributed by atoms with Crippen molar-refractivity contribution in [3.63, 3.8) is 0 Å². The molecule has 1 aromatic carbocycles. The van der Waals surface area contributed by atoms with Gasteiger partial charge in [-0.2, -0.15) is 9.37 Å². The smallest absolute Gasteiger partial charge is 0.259 e. The third-order valence-electron chi connectivity index (χ3n) is 2.71. The molecule has 0 saturated carbocycles. The van der Waals surface area contributed by atoms with Crippen LogP contribution in [0.3, 0.4) is 0 Å². The molecule has 2 rings (SSSR count). The van der Waals surface area contributed by atoms with Crippen molar-refractivity contribution in [3.05, 3.63) is 47.7 Å². The van der Waals surface area contributed by atoms with E-state index in [1.165, 1.54) is 6.33 Å². The van der Waals surface area contributed by atoms with Crippen LogP contribution in [0.1, 0.15) is 18.2 Å². The average molecular weight is 261 g/mol. The zero-order valence-electron chi connectivity index (χ0n) is 11.0. The predicted molar refractivity (Wildman–Crippen MR) is 70.6 cm³/mol. The molecule has 2 aromatic rings. The number of nitrogens with one attached hydrogen (secondary N) is 1. The van der Waals surface area contributed by atoms with Gasteiger partial charge in [0.05, 0.1) is 5.69 Å². The summed E-state index contributed by atoms with van der Waals surface area (Å²) < 4.78 is 19.6. The Hall–Kier alpha value is -2.01. The molecule has 100 valence electrons. The number of para-hydroxylation sites is 1. The minimum Gasteiger partial charge on any atom is -0.436 e. The van der Waals surface area contributed by atoms with Crippen LogP contribution in [0.2, 0.25) is 0 Å². The van der Waals surface area contributed by atoms with E-state index in [0.717, 1.165) is 5.56 Å². The van der Waals surface area contributed by atoms with Crippen LogP contribution in [0.25, 0.3) is 0 Å². The highest BCUT2D eigenvalue weighted by molar-refractivity contribution is 5.36. The lowest BCUT2D eigenvalue weighted by atomic mass is 10.2. The lowest BCUT2D eigenvalue weighted by Crippen LogP contribution is -2.07. The molecule has 0 aliphatic carbocycles. The highest BCUT2D eigenvalue weighted by atomic mass is 19.1. The number of nitrogens with zero attached hydrogens (tertiary/aromatic N) is 2. The summed E-state index contributed by atoms with van der Waals surface area (Å²) in [7, 11) is 1.84. The molecule has 1 heterocycles. The Morgan fingerprint density at radius 1 is 1.26 bits per heavy atom. The van der Waals surface area contributed by atoms with Crippen LogP contribution in [0.15, 0.2) is 30.6 Å².